The Hall–Kier alpha value is -1.22. The number of piperidine rings is 1. The number of hydrogen-bond acceptors (Lipinski definition) is 3. The number of anilines is 1. The van der Waals surface area contributed by atoms with Crippen molar-refractivity contribution in [2.75, 3.05) is 19.3 Å². The lowest BCUT2D eigenvalue weighted by molar-refractivity contribution is 0.164. The summed E-state index contributed by atoms with van der Waals surface area (Å²) < 4.78 is 5.82. The molecule has 1 aliphatic rings. The van der Waals surface area contributed by atoms with Gasteiger partial charge in [-0.05, 0) is 70.3 Å². The highest BCUT2D eigenvalue weighted by Gasteiger charge is 2.26. The zero-order valence-electron chi connectivity index (χ0n) is 13.2. The van der Waals surface area contributed by atoms with Gasteiger partial charge >= 0.3 is 0 Å². The third-order valence-corrected chi connectivity index (χ3v) is 4.35. The standard InChI is InChI=1S/C17H28N2O/c1-5-15-10-14(8-9-19(15)4)13-6-7-16(18)17(11-13)20-12(2)3/h6-7,11-12,14-15H,5,8-10,18H2,1-4H3/t14-,15-/m0/s1. The van der Waals surface area contributed by atoms with Crippen molar-refractivity contribution in [1.82, 2.24) is 4.90 Å². The van der Waals surface area contributed by atoms with Gasteiger partial charge in [-0.1, -0.05) is 13.0 Å². The van der Waals surface area contributed by atoms with Gasteiger partial charge in [-0.2, -0.15) is 0 Å². The Bertz CT molecular complexity index is 445. The van der Waals surface area contributed by atoms with Gasteiger partial charge < -0.3 is 15.4 Å². The fourth-order valence-corrected chi connectivity index (χ4v) is 3.11. The number of benzene rings is 1. The highest BCUT2D eigenvalue weighted by atomic mass is 16.5. The van der Waals surface area contributed by atoms with Crippen molar-refractivity contribution in [1.29, 1.82) is 0 Å². The quantitative estimate of drug-likeness (QED) is 0.853. The summed E-state index contributed by atoms with van der Waals surface area (Å²) in [6, 6.07) is 7.01. The number of nitrogens with two attached hydrogens (primary N) is 1. The summed E-state index contributed by atoms with van der Waals surface area (Å²) in [4.78, 5) is 2.49. The zero-order chi connectivity index (χ0) is 14.7. The number of nitrogens with zero attached hydrogens (tertiary/aromatic N) is 1. The molecule has 112 valence electrons. The first-order chi connectivity index (χ1) is 9.51. The molecule has 20 heavy (non-hydrogen) atoms. The molecule has 2 atom stereocenters. The van der Waals surface area contributed by atoms with Crippen molar-refractivity contribution in [3.05, 3.63) is 23.8 Å². The van der Waals surface area contributed by atoms with Gasteiger partial charge in [0.2, 0.25) is 0 Å². The molecular weight excluding hydrogens is 248 g/mol. The Morgan fingerprint density at radius 2 is 2.15 bits per heavy atom. The fourth-order valence-electron chi connectivity index (χ4n) is 3.11. The van der Waals surface area contributed by atoms with Gasteiger partial charge in [0.05, 0.1) is 11.8 Å². The van der Waals surface area contributed by atoms with E-state index in [9.17, 15) is 0 Å². The molecule has 0 saturated carbocycles. The van der Waals surface area contributed by atoms with E-state index in [2.05, 4.69) is 31.0 Å². The topological polar surface area (TPSA) is 38.5 Å². The Morgan fingerprint density at radius 1 is 1.40 bits per heavy atom. The number of likely N-dealkylation sites (tertiary alicyclic amines) is 1. The molecule has 2 N–H and O–H groups in total. The van der Waals surface area contributed by atoms with E-state index in [0.717, 1.165) is 11.4 Å². The minimum atomic E-state index is 0.161. The molecular formula is C17H28N2O. The van der Waals surface area contributed by atoms with Crippen LogP contribution < -0.4 is 10.5 Å². The third kappa shape index (κ3) is 3.45. The molecule has 0 amide bonds. The summed E-state index contributed by atoms with van der Waals surface area (Å²) in [6.45, 7) is 7.53. The smallest absolute Gasteiger partial charge is 0.142 e. The summed E-state index contributed by atoms with van der Waals surface area (Å²) in [7, 11) is 2.24. The van der Waals surface area contributed by atoms with Crippen LogP contribution in [0.4, 0.5) is 5.69 Å². The van der Waals surface area contributed by atoms with Crippen LogP contribution in [0.3, 0.4) is 0 Å². The summed E-state index contributed by atoms with van der Waals surface area (Å²) in [5.74, 6) is 1.47. The van der Waals surface area contributed by atoms with Crippen LogP contribution in [0.1, 0.15) is 51.5 Å². The maximum Gasteiger partial charge on any atom is 0.142 e. The van der Waals surface area contributed by atoms with Gasteiger partial charge in [-0.25, -0.2) is 0 Å². The van der Waals surface area contributed by atoms with Crippen LogP contribution in [-0.2, 0) is 0 Å². The zero-order valence-corrected chi connectivity index (χ0v) is 13.2. The van der Waals surface area contributed by atoms with Crippen molar-refractivity contribution in [3.63, 3.8) is 0 Å². The molecule has 0 bridgehead atoms. The normalized spacial score (nSPS) is 24.1. The highest BCUT2D eigenvalue weighted by Crippen LogP contribution is 2.35. The second kappa shape index (κ2) is 6.49. The van der Waals surface area contributed by atoms with Gasteiger partial charge in [0.15, 0.2) is 0 Å². The molecule has 0 spiro atoms. The third-order valence-electron chi connectivity index (χ3n) is 4.35. The SMILES string of the molecule is CC[C@H]1C[C@@H](c2ccc(N)c(OC(C)C)c2)CCN1C. The minimum Gasteiger partial charge on any atom is -0.489 e. The molecule has 0 aromatic heterocycles. The molecule has 1 aromatic rings. The maximum absolute atomic E-state index is 6.01. The fraction of sp³-hybridized carbons (Fsp3) is 0.647. The van der Waals surface area contributed by atoms with Crippen molar-refractivity contribution < 1.29 is 4.74 Å². The van der Waals surface area contributed by atoms with Gasteiger partial charge in [0, 0.05) is 6.04 Å². The van der Waals surface area contributed by atoms with Gasteiger partial charge in [-0.15, -0.1) is 0 Å². The van der Waals surface area contributed by atoms with E-state index < -0.39 is 0 Å². The molecule has 3 nitrogen and oxygen atoms in total. The summed E-state index contributed by atoms with van der Waals surface area (Å²) in [5.41, 5.74) is 8.12. The first-order valence-electron chi connectivity index (χ1n) is 7.77. The molecule has 3 heteroatoms. The van der Waals surface area contributed by atoms with E-state index in [-0.39, 0.29) is 6.10 Å². The van der Waals surface area contributed by atoms with Crippen LogP contribution in [0.25, 0.3) is 0 Å². The van der Waals surface area contributed by atoms with Crippen LogP contribution in [0.2, 0.25) is 0 Å². The Morgan fingerprint density at radius 3 is 2.80 bits per heavy atom. The molecule has 0 radical (unpaired) electrons. The lowest BCUT2D eigenvalue weighted by Crippen LogP contribution is -2.38. The number of rotatable bonds is 4. The average Bonchev–Trinajstić information content (AvgIpc) is 2.41. The van der Waals surface area contributed by atoms with Crippen molar-refractivity contribution >= 4 is 5.69 Å². The molecule has 1 heterocycles. The van der Waals surface area contributed by atoms with Gasteiger partial charge in [0.1, 0.15) is 5.75 Å². The minimum absolute atomic E-state index is 0.161. The van der Waals surface area contributed by atoms with E-state index >= 15 is 0 Å². The number of ether oxygens (including phenoxy) is 1. The molecule has 1 saturated heterocycles. The predicted octanol–water partition coefficient (Wildman–Crippen LogP) is 3.64. The van der Waals surface area contributed by atoms with Crippen LogP contribution in [0, 0.1) is 0 Å². The van der Waals surface area contributed by atoms with Crippen LogP contribution in [0.15, 0.2) is 18.2 Å². The van der Waals surface area contributed by atoms with E-state index in [1.165, 1.54) is 31.4 Å². The molecule has 1 aromatic carbocycles. The lowest BCUT2D eigenvalue weighted by atomic mass is 9.84. The van der Waals surface area contributed by atoms with Crippen LogP contribution >= 0.6 is 0 Å². The maximum atomic E-state index is 6.01. The van der Waals surface area contributed by atoms with Gasteiger partial charge in [0.25, 0.3) is 0 Å². The van der Waals surface area contributed by atoms with Crippen molar-refractivity contribution in [2.45, 2.75) is 58.1 Å². The number of hydrogen-bond donors (Lipinski definition) is 1. The first-order valence-corrected chi connectivity index (χ1v) is 7.77. The van der Waals surface area contributed by atoms with Crippen molar-refractivity contribution in [2.24, 2.45) is 0 Å². The predicted molar refractivity (Wildman–Crippen MR) is 85.3 cm³/mol. The summed E-state index contributed by atoms with van der Waals surface area (Å²) >= 11 is 0. The highest BCUT2D eigenvalue weighted by molar-refractivity contribution is 5.54. The van der Waals surface area contributed by atoms with Gasteiger partial charge in [-0.3, -0.25) is 0 Å². The largest absolute Gasteiger partial charge is 0.489 e. The monoisotopic (exact) mass is 276 g/mol. The van der Waals surface area contributed by atoms with Crippen molar-refractivity contribution in [3.8, 4) is 5.75 Å². The first kappa shape index (κ1) is 15.2. The van der Waals surface area contributed by atoms with E-state index in [4.69, 9.17) is 10.5 Å². The van der Waals surface area contributed by atoms with E-state index in [1.807, 2.05) is 19.9 Å². The second-order valence-corrected chi connectivity index (χ2v) is 6.23. The molecule has 2 rings (SSSR count). The Kier molecular flexibility index (Phi) is 4.92. The molecule has 0 aliphatic carbocycles. The van der Waals surface area contributed by atoms with Crippen LogP contribution in [0.5, 0.6) is 5.75 Å². The molecule has 1 fully saturated rings. The van der Waals surface area contributed by atoms with Crippen LogP contribution in [-0.4, -0.2) is 30.6 Å². The number of nitrogen functional groups attached to an aromatic ring is 1. The lowest BCUT2D eigenvalue weighted by Gasteiger charge is -2.37. The van der Waals surface area contributed by atoms with E-state index in [0.29, 0.717) is 12.0 Å². The Labute approximate surface area is 123 Å². The second-order valence-electron chi connectivity index (χ2n) is 6.23. The molecule has 0 unspecified atom stereocenters. The molecule has 1 aliphatic heterocycles. The van der Waals surface area contributed by atoms with E-state index in [1.54, 1.807) is 0 Å². The summed E-state index contributed by atoms with van der Waals surface area (Å²) in [6.07, 6.45) is 3.83. The summed E-state index contributed by atoms with van der Waals surface area (Å²) in [5, 5.41) is 0. The average molecular weight is 276 g/mol. The Balaban J connectivity index is 2.16.